The fourth-order valence-corrected chi connectivity index (χ4v) is 6.06. The molecule has 6 aromatic carbocycles. The number of para-hydroxylation sites is 2. The largest absolute Gasteiger partial charge is 0.455 e. The Morgan fingerprint density at radius 3 is 2.08 bits per heavy atom. The van der Waals surface area contributed by atoms with E-state index in [4.69, 9.17) is 4.74 Å². The maximum Gasteiger partial charge on any atom is 0.142 e. The summed E-state index contributed by atoms with van der Waals surface area (Å²) in [4.78, 5) is 4.63. The fourth-order valence-electron chi connectivity index (χ4n) is 4.97. The minimum absolute atomic E-state index is 0.909. The zero-order valence-electron chi connectivity index (χ0n) is 20.0. The van der Waals surface area contributed by atoms with E-state index in [9.17, 15) is 0 Å². The molecule has 6 aromatic rings. The van der Waals surface area contributed by atoms with Crippen LogP contribution in [-0.4, -0.2) is 0 Å². The third-order valence-corrected chi connectivity index (χ3v) is 7.90. The quantitative estimate of drug-likeness (QED) is 0.242. The molecule has 176 valence electrons. The first-order chi connectivity index (χ1) is 18.3. The van der Waals surface area contributed by atoms with Crippen molar-refractivity contribution in [3.05, 3.63) is 140 Å². The van der Waals surface area contributed by atoms with Gasteiger partial charge in [-0.15, -0.1) is 0 Å². The van der Waals surface area contributed by atoms with Gasteiger partial charge in [0.1, 0.15) is 11.5 Å². The monoisotopic (exact) mass is 493 g/mol. The van der Waals surface area contributed by atoms with Crippen molar-refractivity contribution in [3.63, 3.8) is 0 Å². The molecule has 0 aromatic heterocycles. The van der Waals surface area contributed by atoms with Gasteiger partial charge in [0, 0.05) is 16.8 Å². The van der Waals surface area contributed by atoms with Crippen LogP contribution in [0.5, 0.6) is 11.5 Å². The molecule has 0 atom stereocenters. The van der Waals surface area contributed by atoms with Gasteiger partial charge >= 0.3 is 0 Å². The summed E-state index contributed by atoms with van der Waals surface area (Å²) in [5, 5.41) is 2.45. The topological polar surface area (TPSA) is 12.5 Å². The van der Waals surface area contributed by atoms with Crippen LogP contribution in [0.15, 0.2) is 149 Å². The van der Waals surface area contributed by atoms with E-state index in [0.717, 1.165) is 38.4 Å². The van der Waals surface area contributed by atoms with Crippen molar-refractivity contribution < 1.29 is 4.74 Å². The van der Waals surface area contributed by atoms with Gasteiger partial charge in [-0.25, -0.2) is 0 Å². The van der Waals surface area contributed by atoms with E-state index in [1.807, 2.05) is 18.2 Å². The van der Waals surface area contributed by atoms with Crippen LogP contribution < -0.4 is 9.64 Å². The molecule has 3 heteroatoms. The Kier molecular flexibility index (Phi) is 5.41. The maximum atomic E-state index is 6.23. The van der Waals surface area contributed by atoms with Crippen LogP contribution in [0.4, 0.5) is 17.1 Å². The molecule has 0 aliphatic carbocycles. The summed E-state index contributed by atoms with van der Waals surface area (Å²) < 4.78 is 6.23. The number of rotatable bonds is 4. The highest BCUT2D eigenvalue weighted by molar-refractivity contribution is 7.99. The maximum absolute atomic E-state index is 6.23. The fraction of sp³-hybridized carbons (Fsp3) is 0. The Bertz CT molecular complexity index is 1720. The van der Waals surface area contributed by atoms with Gasteiger partial charge in [-0.1, -0.05) is 103 Å². The zero-order chi connectivity index (χ0) is 24.6. The van der Waals surface area contributed by atoms with Gasteiger partial charge < -0.3 is 9.64 Å². The highest BCUT2D eigenvalue weighted by Gasteiger charge is 2.21. The van der Waals surface area contributed by atoms with E-state index in [1.165, 1.54) is 21.9 Å². The van der Waals surface area contributed by atoms with Gasteiger partial charge in [0.05, 0.1) is 15.5 Å². The van der Waals surface area contributed by atoms with Crippen molar-refractivity contribution in [1.82, 2.24) is 0 Å². The molecular formula is C34H23NOS. The Morgan fingerprint density at radius 1 is 0.514 bits per heavy atom. The second-order valence-corrected chi connectivity index (χ2v) is 10.1. The normalized spacial score (nSPS) is 11.9. The summed E-state index contributed by atoms with van der Waals surface area (Å²) in [6.45, 7) is 0. The van der Waals surface area contributed by atoms with Crippen LogP contribution in [0, 0.1) is 0 Å². The van der Waals surface area contributed by atoms with Crippen molar-refractivity contribution in [2.24, 2.45) is 0 Å². The summed E-state index contributed by atoms with van der Waals surface area (Å²) in [5.74, 6) is 1.83. The molecule has 7 rings (SSSR count). The number of benzene rings is 6. The molecule has 37 heavy (non-hydrogen) atoms. The van der Waals surface area contributed by atoms with Gasteiger partial charge in [-0.05, 0) is 65.0 Å². The zero-order valence-corrected chi connectivity index (χ0v) is 20.9. The van der Waals surface area contributed by atoms with Gasteiger partial charge in [-0.2, -0.15) is 0 Å². The van der Waals surface area contributed by atoms with Crippen LogP contribution in [0.25, 0.3) is 21.9 Å². The second-order valence-electron chi connectivity index (χ2n) is 9.00. The molecule has 0 saturated carbocycles. The minimum atomic E-state index is 0.909. The lowest BCUT2D eigenvalue weighted by Crippen LogP contribution is -2.10. The van der Waals surface area contributed by atoms with Crippen molar-refractivity contribution in [2.75, 3.05) is 4.90 Å². The van der Waals surface area contributed by atoms with Crippen LogP contribution >= 0.6 is 11.8 Å². The van der Waals surface area contributed by atoms with Crippen molar-refractivity contribution >= 4 is 39.6 Å². The number of fused-ring (bicyclic) bond motifs is 3. The number of ether oxygens (including phenoxy) is 1. The van der Waals surface area contributed by atoms with E-state index in [2.05, 4.69) is 126 Å². The highest BCUT2D eigenvalue weighted by Crippen LogP contribution is 2.51. The summed E-state index contributed by atoms with van der Waals surface area (Å²) in [5.41, 5.74) is 5.76. The highest BCUT2D eigenvalue weighted by atomic mass is 32.2. The molecule has 0 spiro atoms. The second kappa shape index (κ2) is 9.20. The van der Waals surface area contributed by atoms with Gasteiger partial charge in [-0.3, -0.25) is 0 Å². The summed E-state index contributed by atoms with van der Waals surface area (Å²) >= 11 is 1.77. The third kappa shape index (κ3) is 3.94. The number of hydrogen-bond donors (Lipinski definition) is 0. The molecule has 1 aliphatic rings. The summed E-state index contributed by atoms with van der Waals surface area (Å²) in [7, 11) is 0. The van der Waals surface area contributed by atoms with Gasteiger partial charge in [0.15, 0.2) is 0 Å². The van der Waals surface area contributed by atoms with E-state index < -0.39 is 0 Å². The first kappa shape index (κ1) is 21.8. The lowest BCUT2D eigenvalue weighted by Gasteiger charge is -2.27. The summed E-state index contributed by atoms with van der Waals surface area (Å²) in [6, 6.07) is 49.0. The SMILES string of the molecule is c1ccc(N(c2ccc(-c3cccc4c3Sc3ccccc3O4)cc2)c2cccc3ccccc23)cc1. The Hall–Kier alpha value is -4.47. The first-order valence-corrected chi connectivity index (χ1v) is 13.2. The minimum Gasteiger partial charge on any atom is -0.455 e. The molecule has 1 aliphatic heterocycles. The summed E-state index contributed by atoms with van der Waals surface area (Å²) in [6.07, 6.45) is 0. The molecule has 0 radical (unpaired) electrons. The lowest BCUT2D eigenvalue weighted by molar-refractivity contribution is 0.455. The van der Waals surface area contributed by atoms with E-state index in [1.54, 1.807) is 11.8 Å². The third-order valence-electron chi connectivity index (χ3n) is 6.72. The predicted octanol–water partition coefficient (Wildman–Crippen LogP) is 10.2. The standard InChI is InChI=1S/C34H23NOS/c1-2-12-26(13-3-1)35(30-16-8-11-24-10-4-5-14-28(24)30)27-22-20-25(21-23-27)29-15-9-18-32-34(29)37-33-19-7-6-17-31(33)36-32/h1-23H. The average Bonchev–Trinajstić information content (AvgIpc) is 2.97. The van der Waals surface area contributed by atoms with Crippen LogP contribution in [0.2, 0.25) is 0 Å². The van der Waals surface area contributed by atoms with Crippen molar-refractivity contribution in [3.8, 4) is 22.6 Å². The number of anilines is 3. The Balaban J connectivity index is 1.32. The van der Waals surface area contributed by atoms with Gasteiger partial charge in [0.25, 0.3) is 0 Å². The van der Waals surface area contributed by atoms with E-state index >= 15 is 0 Å². The molecule has 0 unspecified atom stereocenters. The predicted molar refractivity (Wildman–Crippen MR) is 155 cm³/mol. The Morgan fingerprint density at radius 2 is 1.19 bits per heavy atom. The smallest absolute Gasteiger partial charge is 0.142 e. The Labute approximate surface area is 220 Å². The first-order valence-electron chi connectivity index (χ1n) is 12.4. The van der Waals surface area contributed by atoms with E-state index in [0.29, 0.717) is 0 Å². The van der Waals surface area contributed by atoms with Gasteiger partial charge in [0.2, 0.25) is 0 Å². The lowest BCUT2D eigenvalue weighted by atomic mass is 10.0. The molecule has 0 fully saturated rings. The van der Waals surface area contributed by atoms with Crippen molar-refractivity contribution in [1.29, 1.82) is 0 Å². The molecule has 0 N–H and O–H groups in total. The molecule has 2 nitrogen and oxygen atoms in total. The molecule has 0 bridgehead atoms. The molecule has 0 amide bonds. The molecular weight excluding hydrogens is 470 g/mol. The average molecular weight is 494 g/mol. The van der Waals surface area contributed by atoms with Crippen LogP contribution in [0.1, 0.15) is 0 Å². The number of hydrogen-bond acceptors (Lipinski definition) is 3. The molecule has 0 saturated heterocycles. The van der Waals surface area contributed by atoms with Crippen LogP contribution in [0.3, 0.4) is 0 Å². The molecule has 1 heterocycles. The van der Waals surface area contributed by atoms with E-state index in [-0.39, 0.29) is 0 Å². The van der Waals surface area contributed by atoms with Crippen molar-refractivity contribution in [2.45, 2.75) is 9.79 Å². The van der Waals surface area contributed by atoms with Crippen LogP contribution in [-0.2, 0) is 0 Å². The number of nitrogens with zero attached hydrogens (tertiary/aromatic N) is 1.